The number of methoxy groups -OCH3 is 1. The van der Waals surface area contributed by atoms with Gasteiger partial charge < -0.3 is 14.8 Å². The monoisotopic (exact) mass is 413 g/mol. The Kier molecular flexibility index (Phi) is 4.91. The van der Waals surface area contributed by atoms with Crippen LogP contribution in [0.25, 0.3) is 21.1 Å². The molecule has 0 fully saturated rings. The van der Waals surface area contributed by atoms with Crippen molar-refractivity contribution in [1.29, 1.82) is 0 Å². The molecule has 1 N–H and O–H groups in total. The minimum Gasteiger partial charge on any atom is -0.496 e. The Morgan fingerprint density at radius 2 is 1.77 bits per heavy atom. The Balaban J connectivity index is 1.37. The van der Waals surface area contributed by atoms with Crippen LogP contribution in [0.2, 0.25) is 0 Å². The van der Waals surface area contributed by atoms with E-state index in [1.807, 2.05) is 72.8 Å². The second kappa shape index (κ2) is 8.00. The summed E-state index contributed by atoms with van der Waals surface area (Å²) in [7, 11) is 1.68. The fraction of sp³-hybridized carbons (Fsp3) is 0.0833. The molecule has 0 spiro atoms. The van der Waals surface area contributed by atoms with Crippen LogP contribution < -0.4 is 14.8 Å². The molecule has 0 unspecified atom stereocenters. The van der Waals surface area contributed by atoms with Gasteiger partial charge in [0.15, 0.2) is 5.13 Å². The topological polar surface area (TPSA) is 56.3 Å². The van der Waals surface area contributed by atoms with Crippen molar-refractivity contribution < 1.29 is 9.47 Å². The Bertz CT molecular complexity index is 1330. The van der Waals surface area contributed by atoms with Crippen LogP contribution in [0, 0.1) is 0 Å². The van der Waals surface area contributed by atoms with Gasteiger partial charge >= 0.3 is 0 Å². The number of anilines is 1. The number of rotatable bonds is 6. The summed E-state index contributed by atoms with van der Waals surface area (Å²) in [6.07, 6.45) is 1.77. The Morgan fingerprint density at radius 3 is 2.70 bits per heavy atom. The van der Waals surface area contributed by atoms with Gasteiger partial charge in [-0.1, -0.05) is 41.7 Å². The summed E-state index contributed by atoms with van der Waals surface area (Å²) in [6.45, 7) is 0.649. The predicted molar refractivity (Wildman–Crippen MR) is 122 cm³/mol. The van der Waals surface area contributed by atoms with Crippen molar-refractivity contribution in [2.24, 2.45) is 0 Å². The molecule has 30 heavy (non-hydrogen) atoms. The lowest BCUT2D eigenvalue weighted by molar-refractivity contribution is 0.410. The van der Waals surface area contributed by atoms with Crippen LogP contribution in [-0.2, 0) is 6.54 Å². The fourth-order valence-corrected chi connectivity index (χ4v) is 4.24. The van der Waals surface area contributed by atoms with E-state index in [1.165, 1.54) is 0 Å². The molecule has 5 aromatic rings. The van der Waals surface area contributed by atoms with E-state index in [2.05, 4.69) is 15.3 Å². The van der Waals surface area contributed by atoms with Gasteiger partial charge in [0.25, 0.3) is 0 Å². The van der Waals surface area contributed by atoms with Crippen LogP contribution in [0.1, 0.15) is 5.56 Å². The van der Waals surface area contributed by atoms with Crippen LogP contribution in [0.15, 0.2) is 79.0 Å². The molecular weight excluding hydrogens is 394 g/mol. The minimum atomic E-state index is 0.649. The number of para-hydroxylation sites is 2. The van der Waals surface area contributed by atoms with Crippen LogP contribution in [0.4, 0.5) is 5.13 Å². The molecule has 5 rings (SSSR count). The van der Waals surface area contributed by atoms with E-state index < -0.39 is 0 Å². The highest BCUT2D eigenvalue weighted by Crippen LogP contribution is 2.33. The van der Waals surface area contributed by atoms with E-state index >= 15 is 0 Å². The zero-order valence-electron chi connectivity index (χ0n) is 16.3. The number of hydrogen-bond acceptors (Lipinski definition) is 6. The maximum Gasteiger partial charge on any atom is 0.184 e. The summed E-state index contributed by atoms with van der Waals surface area (Å²) < 4.78 is 12.7. The highest BCUT2D eigenvalue weighted by molar-refractivity contribution is 7.22. The molecule has 148 valence electrons. The van der Waals surface area contributed by atoms with Crippen molar-refractivity contribution in [1.82, 2.24) is 9.97 Å². The summed E-state index contributed by atoms with van der Waals surface area (Å²) in [5, 5.41) is 5.25. The lowest BCUT2D eigenvalue weighted by atomic mass is 10.2. The van der Waals surface area contributed by atoms with Gasteiger partial charge in [0.1, 0.15) is 17.2 Å². The average Bonchev–Trinajstić information content (AvgIpc) is 3.20. The van der Waals surface area contributed by atoms with E-state index in [0.29, 0.717) is 6.54 Å². The van der Waals surface area contributed by atoms with Gasteiger partial charge in [-0.25, -0.2) is 4.98 Å². The zero-order chi connectivity index (χ0) is 20.3. The third kappa shape index (κ3) is 3.65. The lowest BCUT2D eigenvalue weighted by Crippen LogP contribution is -2.00. The molecule has 6 heteroatoms. The van der Waals surface area contributed by atoms with E-state index in [-0.39, 0.29) is 0 Å². The fourth-order valence-electron chi connectivity index (χ4n) is 3.35. The first-order valence-corrected chi connectivity index (χ1v) is 10.4. The summed E-state index contributed by atoms with van der Waals surface area (Å²) in [6, 6.07) is 23.8. The number of nitrogens with zero attached hydrogens (tertiary/aromatic N) is 2. The SMILES string of the molecule is COc1ccccc1CNc1nc2ccc(Oc3ccnc4ccccc34)cc2s1. The summed E-state index contributed by atoms with van der Waals surface area (Å²) in [5.41, 5.74) is 2.94. The quantitative estimate of drug-likeness (QED) is 0.356. The molecule has 2 aromatic heterocycles. The zero-order valence-corrected chi connectivity index (χ0v) is 17.1. The normalized spacial score (nSPS) is 11.0. The second-order valence-corrected chi connectivity index (χ2v) is 7.77. The number of fused-ring (bicyclic) bond motifs is 2. The Labute approximate surface area is 177 Å². The second-order valence-electron chi connectivity index (χ2n) is 6.74. The Morgan fingerprint density at radius 1 is 0.900 bits per heavy atom. The minimum absolute atomic E-state index is 0.649. The number of aromatic nitrogens is 2. The summed E-state index contributed by atoms with van der Waals surface area (Å²) in [4.78, 5) is 9.07. The van der Waals surface area contributed by atoms with Crippen molar-refractivity contribution in [3.05, 3.63) is 84.6 Å². The predicted octanol–water partition coefficient (Wildman–Crippen LogP) is 6.26. The molecule has 0 saturated carbocycles. The molecule has 0 amide bonds. The van der Waals surface area contributed by atoms with Crippen LogP contribution in [-0.4, -0.2) is 17.1 Å². The molecule has 0 aliphatic rings. The number of pyridine rings is 1. The van der Waals surface area contributed by atoms with Crippen LogP contribution in [0.3, 0.4) is 0 Å². The highest BCUT2D eigenvalue weighted by Gasteiger charge is 2.09. The number of benzene rings is 3. The number of ether oxygens (including phenoxy) is 2. The summed E-state index contributed by atoms with van der Waals surface area (Å²) >= 11 is 1.60. The first kappa shape index (κ1) is 18.4. The van der Waals surface area contributed by atoms with Crippen molar-refractivity contribution in [2.45, 2.75) is 6.54 Å². The van der Waals surface area contributed by atoms with Crippen molar-refractivity contribution in [2.75, 3.05) is 12.4 Å². The molecule has 0 saturated heterocycles. The van der Waals surface area contributed by atoms with Crippen molar-refractivity contribution in [3.8, 4) is 17.2 Å². The van der Waals surface area contributed by atoms with Gasteiger partial charge in [-0.3, -0.25) is 4.98 Å². The number of nitrogens with one attached hydrogen (secondary N) is 1. The van der Waals surface area contributed by atoms with Gasteiger partial charge in [-0.2, -0.15) is 0 Å². The van der Waals surface area contributed by atoms with E-state index in [4.69, 9.17) is 9.47 Å². The first-order valence-electron chi connectivity index (χ1n) is 9.58. The molecular formula is C24H19N3O2S. The van der Waals surface area contributed by atoms with Crippen molar-refractivity contribution >= 4 is 37.6 Å². The standard InChI is InChI=1S/C24H19N3O2S/c1-28-21-9-5-2-6-16(21)15-26-24-27-20-11-10-17(14-23(20)30-24)29-22-12-13-25-19-8-4-3-7-18(19)22/h2-14H,15H2,1H3,(H,26,27). The van der Waals surface area contributed by atoms with Crippen molar-refractivity contribution in [3.63, 3.8) is 0 Å². The molecule has 0 aliphatic heterocycles. The van der Waals surface area contributed by atoms with E-state index in [0.717, 1.165) is 49.1 Å². The van der Waals surface area contributed by atoms with Crippen LogP contribution in [0.5, 0.6) is 17.2 Å². The molecule has 0 aliphatic carbocycles. The smallest absolute Gasteiger partial charge is 0.184 e. The van der Waals surface area contributed by atoms with E-state index in [1.54, 1.807) is 24.6 Å². The van der Waals surface area contributed by atoms with Gasteiger partial charge in [-0.05, 0) is 36.4 Å². The molecule has 0 radical (unpaired) electrons. The molecule has 0 bridgehead atoms. The first-order chi connectivity index (χ1) is 14.8. The largest absolute Gasteiger partial charge is 0.496 e. The molecule has 3 aromatic carbocycles. The molecule has 2 heterocycles. The average molecular weight is 414 g/mol. The lowest BCUT2D eigenvalue weighted by Gasteiger charge is -2.08. The van der Waals surface area contributed by atoms with Gasteiger partial charge in [-0.15, -0.1) is 0 Å². The number of thiazole rings is 1. The van der Waals surface area contributed by atoms with E-state index in [9.17, 15) is 0 Å². The maximum atomic E-state index is 6.17. The molecule has 5 nitrogen and oxygen atoms in total. The molecule has 0 atom stereocenters. The maximum absolute atomic E-state index is 6.17. The van der Waals surface area contributed by atoms with Gasteiger partial charge in [0.05, 0.1) is 22.8 Å². The summed E-state index contributed by atoms with van der Waals surface area (Å²) in [5.74, 6) is 2.43. The van der Waals surface area contributed by atoms with Crippen LogP contribution >= 0.6 is 11.3 Å². The third-order valence-corrected chi connectivity index (χ3v) is 5.80. The Hall–Kier alpha value is -3.64. The third-order valence-electron chi connectivity index (χ3n) is 4.82. The van der Waals surface area contributed by atoms with Gasteiger partial charge in [0.2, 0.25) is 0 Å². The van der Waals surface area contributed by atoms with Gasteiger partial charge in [0, 0.05) is 29.8 Å². The number of hydrogen-bond donors (Lipinski definition) is 1. The highest BCUT2D eigenvalue weighted by atomic mass is 32.1.